The average molecular weight is 171 g/mol. The molecule has 0 saturated carbocycles. The molecule has 0 radical (unpaired) electrons. The van der Waals surface area contributed by atoms with Crippen molar-refractivity contribution in [2.45, 2.75) is 0 Å². The molecule has 0 aliphatic heterocycles. The Hall–Kier alpha value is 0.273. The van der Waals surface area contributed by atoms with E-state index in [1.165, 1.54) is 0 Å². The second kappa shape index (κ2) is 59.4. The minimum Gasteiger partial charge on any atom is -0.554 e. The molecule has 0 aromatic carbocycles. The zero-order valence-electron chi connectivity index (χ0n) is 3.10. The quantitative estimate of drug-likeness (QED) is 0.414. The fourth-order valence-corrected chi connectivity index (χ4v) is 0. The zero-order chi connectivity index (χ0) is 2.71. The van der Waals surface area contributed by atoms with Gasteiger partial charge in [0.15, 0.2) is 0 Å². The van der Waals surface area contributed by atoms with Gasteiger partial charge in [0.2, 0.25) is 0 Å². The van der Waals surface area contributed by atoms with Crippen LogP contribution in [0.2, 0.25) is 0 Å². The molecule has 34 valence electrons. The van der Waals surface area contributed by atoms with Gasteiger partial charge in [0.1, 0.15) is 0 Å². The van der Waals surface area contributed by atoms with E-state index in [0.717, 1.165) is 0 Å². The van der Waals surface area contributed by atoms with Gasteiger partial charge in [-0.25, -0.2) is 0 Å². The third kappa shape index (κ3) is 614. The van der Waals surface area contributed by atoms with Crippen LogP contribution in [0.4, 0.5) is 0 Å². The first-order valence-electron chi connectivity index (χ1n) is 0.471. The molecule has 0 aliphatic rings. The summed E-state index contributed by atoms with van der Waals surface area (Å²) >= 11 is 0. The molecule has 4 nitrogen and oxygen atoms in total. The largest absolute Gasteiger partial charge is 4.00 e. The smallest absolute Gasteiger partial charge is 0.554 e. The summed E-state index contributed by atoms with van der Waals surface area (Å²) < 4.78 is 0. The Kier molecular flexibility index (Phi) is 334. The van der Waals surface area contributed by atoms with E-state index >= 15 is 0 Å². The summed E-state index contributed by atoms with van der Waals surface area (Å²) in [5.41, 5.74) is 0. The minimum absolute atomic E-state index is 0. The predicted octanol–water partition coefficient (Wildman–Crippen LogP) is -2.30. The summed E-state index contributed by atoms with van der Waals surface area (Å²) in [4.78, 5) is 8.25. The third-order valence-corrected chi connectivity index (χ3v) is 0. The maximum Gasteiger partial charge on any atom is 4.00 e. The minimum atomic E-state index is -0.500. The number of hydrogen-bond acceptors (Lipinski definition) is 3. The van der Waals surface area contributed by atoms with Crippen LogP contribution in [0.25, 0.3) is 0 Å². The van der Waals surface area contributed by atoms with Gasteiger partial charge >= 0.3 is 26.2 Å². The standard InChI is InChI=1S/CH2O2.H3N.H2O.Zr/c2-1-3;;;/h1H,(H,2,3);1H3;1H2;/q;;;+4/p-1. The van der Waals surface area contributed by atoms with Crippen molar-refractivity contribution < 1.29 is 41.6 Å². The molecule has 0 rings (SSSR count). The fraction of sp³-hybridized carbons (Fsp3) is 0. The van der Waals surface area contributed by atoms with Crippen LogP contribution in [0, 0.1) is 0 Å². The first-order valence-corrected chi connectivity index (χ1v) is 0.471. The topological polar surface area (TPSA) is 107 Å². The second-order valence-electron chi connectivity index (χ2n) is 0.0962. The van der Waals surface area contributed by atoms with Crippen molar-refractivity contribution in [1.29, 1.82) is 0 Å². The van der Waals surface area contributed by atoms with Crippen molar-refractivity contribution in [3.8, 4) is 0 Å². The Balaban J connectivity index is -0.00000000667. The van der Waals surface area contributed by atoms with E-state index in [1.54, 1.807) is 0 Å². The van der Waals surface area contributed by atoms with Gasteiger partial charge in [-0.2, -0.15) is 0 Å². The van der Waals surface area contributed by atoms with Crippen molar-refractivity contribution >= 4 is 6.47 Å². The van der Waals surface area contributed by atoms with Crippen molar-refractivity contribution in [2.24, 2.45) is 0 Å². The Labute approximate surface area is 54.6 Å². The first-order chi connectivity index (χ1) is 1.41. The van der Waals surface area contributed by atoms with E-state index in [2.05, 4.69) is 0 Å². The third-order valence-electron chi connectivity index (χ3n) is 0. The van der Waals surface area contributed by atoms with Crippen LogP contribution in [0.1, 0.15) is 0 Å². The Morgan fingerprint density at radius 3 is 1.50 bits per heavy atom. The van der Waals surface area contributed by atoms with Crippen LogP contribution in [-0.4, -0.2) is 11.9 Å². The summed E-state index contributed by atoms with van der Waals surface area (Å²) in [7, 11) is 0. The van der Waals surface area contributed by atoms with Crippen LogP contribution in [0.5, 0.6) is 0 Å². The molecule has 0 atom stereocenters. The molecule has 6 heavy (non-hydrogen) atoms. The van der Waals surface area contributed by atoms with Crippen molar-refractivity contribution in [3.05, 3.63) is 0 Å². The summed E-state index contributed by atoms with van der Waals surface area (Å²) in [6.07, 6.45) is 0. The predicted molar refractivity (Wildman–Crippen MR) is 14.7 cm³/mol. The maximum atomic E-state index is 8.25. The van der Waals surface area contributed by atoms with Gasteiger partial charge in [0, 0.05) is 6.47 Å². The molecule has 0 unspecified atom stereocenters. The number of carboxylic acid groups (broad SMARTS) is 1. The molecule has 0 bridgehead atoms. The Bertz CT molecular complexity index is 18.3. The molecule has 0 saturated heterocycles. The Morgan fingerprint density at radius 2 is 1.50 bits per heavy atom. The van der Waals surface area contributed by atoms with Crippen LogP contribution in [0.3, 0.4) is 0 Å². The normalized spacial score (nSPS) is 2.00. The monoisotopic (exact) mass is 170 g/mol. The first kappa shape index (κ1) is 33.8. The van der Waals surface area contributed by atoms with E-state index in [1.807, 2.05) is 0 Å². The van der Waals surface area contributed by atoms with Crippen molar-refractivity contribution in [1.82, 2.24) is 6.15 Å². The molecule has 0 spiro atoms. The number of rotatable bonds is 0. The van der Waals surface area contributed by atoms with E-state index in [4.69, 9.17) is 9.90 Å². The van der Waals surface area contributed by atoms with Gasteiger partial charge in [0.25, 0.3) is 0 Å². The zero-order valence-corrected chi connectivity index (χ0v) is 5.56. The number of hydrogen-bond donors (Lipinski definition) is 1. The SMILES string of the molecule is N.O.O=C[O-].[Zr+4]. The van der Waals surface area contributed by atoms with Crippen LogP contribution >= 0.6 is 0 Å². The molecule has 0 fully saturated rings. The van der Waals surface area contributed by atoms with Crippen molar-refractivity contribution in [3.63, 3.8) is 0 Å². The van der Waals surface area contributed by atoms with Gasteiger partial charge in [-0.3, -0.25) is 0 Å². The maximum absolute atomic E-state index is 8.25. The van der Waals surface area contributed by atoms with E-state index in [0.29, 0.717) is 0 Å². The molecular weight excluding hydrogens is 165 g/mol. The summed E-state index contributed by atoms with van der Waals surface area (Å²) in [6, 6.07) is 0. The van der Waals surface area contributed by atoms with E-state index < -0.39 is 6.47 Å². The molecule has 0 aromatic rings. The van der Waals surface area contributed by atoms with E-state index in [9.17, 15) is 0 Å². The molecule has 0 heterocycles. The van der Waals surface area contributed by atoms with Crippen LogP contribution < -0.4 is 11.3 Å². The number of carbonyl (C=O) groups is 1. The summed E-state index contributed by atoms with van der Waals surface area (Å²) in [5, 5.41) is 8.25. The van der Waals surface area contributed by atoms with E-state index in [-0.39, 0.29) is 37.8 Å². The molecule has 5 heteroatoms. The van der Waals surface area contributed by atoms with Gasteiger partial charge in [-0.15, -0.1) is 0 Å². The molecular formula is CH6NO3Zr+3. The fourth-order valence-electron chi connectivity index (χ4n) is 0. The summed E-state index contributed by atoms with van der Waals surface area (Å²) in [6.45, 7) is -0.500. The number of carbonyl (C=O) groups excluding carboxylic acids is 1. The van der Waals surface area contributed by atoms with Gasteiger partial charge in [-0.05, 0) is 0 Å². The molecule has 0 amide bonds. The van der Waals surface area contributed by atoms with Gasteiger partial charge in [-0.1, -0.05) is 0 Å². The van der Waals surface area contributed by atoms with Crippen LogP contribution in [-0.2, 0) is 31.0 Å². The second-order valence-corrected chi connectivity index (χ2v) is 0.0962. The average Bonchev–Trinajstić information content (AvgIpc) is 0.918. The summed E-state index contributed by atoms with van der Waals surface area (Å²) in [5.74, 6) is 0. The molecule has 5 N–H and O–H groups in total. The van der Waals surface area contributed by atoms with Crippen LogP contribution in [0.15, 0.2) is 0 Å². The molecule has 0 aromatic heterocycles. The van der Waals surface area contributed by atoms with Gasteiger partial charge in [0.05, 0.1) is 0 Å². The Morgan fingerprint density at radius 1 is 1.50 bits per heavy atom. The molecule has 0 aliphatic carbocycles. The van der Waals surface area contributed by atoms with Crippen molar-refractivity contribution in [2.75, 3.05) is 0 Å². The van der Waals surface area contributed by atoms with Gasteiger partial charge < -0.3 is 21.5 Å².